The minimum atomic E-state index is -0.394. The third-order valence-electron chi connectivity index (χ3n) is 4.61. The number of aryl methyl sites for hydroxylation is 2. The number of amides is 1. The normalized spacial score (nSPS) is 15.5. The molecule has 3 aromatic rings. The van der Waals surface area contributed by atoms with E-state index in [0.29, 0.717) is 17.9 Å². The van der Waals surface area contributed by atoms with Crippen molar-refractivity contribution in [3.63, 3.8) is 0 Å². The Balaban J connectivity index is 1.36. The second-order valence-electron chi connectivity index (χ2n) is 6.50. The summed E-state index contributed by atoms with van der Waals surface area (Å²) in [7, 11) is 0. The number of primary amides is 1. The zero-order chi connectivity index (χ0) is 18.6. The van der Waals surface area contributed by atoms with Crippen molar-refractivity contribution in [3.8, 4) is 5.75 Å². The molecule has 0 aliphatic carbocycles. The fraction of sp³-hybridized carbons (Fsp3) is 0.250. The Morgan fingerprint density at radius 2 is 1.96 bits per heavy atom. The largest absolute Gasteiger partial charge is 0.478 e. The SMILES string of the molecule is NC(=O)c1ccccc1CCCc1nc([C@H]2CNc3ccccc3O2)n[nH]1. The molecule has 0 radical (unpaired) electrons. The Morgan fingerprint density at radius 3 is 2.85 bits per heavy atom. The summed E-state index contributed by atoms with van der Waals surface area (Å²) in [6.07, 6.45) is 2.10. The average molecular weight is 363 g/mol. The Labute approximate surface area is 157 Å². The monoisotopic (exact) mass is 363 g/mol. The van der Waals surface area contributed by atoms with Gasteiger partial charge in [-0.15, -0.1) is 0 Å². The van der Waals surface area contributed by atoms with Gasteiger partial charge in [-0.25, -0.2) is 4.98 Å². The predicted molar refractivity (Wildman–Crippen MR) is 102 cm³/mol. The molecule has 0 unspecified atom stereocenters. The molecule has 27 heavy (non-hydrogen) atoms. The first-order valence-corrected chi connectivity index (χ1v) is 8.99. The summed E-state index contributed by atoms with van der Waals surface area (Å²) in [6, 6.07) is 15.3. The van der Waals surface area contributed by atoms with Crippen molar-refractivity contribution >= 4 is 11.6 Å². The van der Waals surface area contributed by atoms with Crippen LogP contribution in [-0.2, 0) is 12.8 Å². The van der Waals surface area contributed by atoms with Gasteiger partial charge in [0.1, 0.15) is 11.6 Å². The van der Waals surface area contributed by atoms with Crippen LogP contribution in [0.5, 0.6) is 5.75 Å². The minimum Gasteiger partial charge on any atom is -0.478 e. The summed E-state index contributed by atoms with van der Waals surface area (Å²) >= 11 is 0. The molecule has 1 aromatic heterocycles. The number of aromatic amines is 1. The summed E-state index contributed by atoms with van der Waals surface area (Å²) in [5.74, 6) is 1.87. The maximum atomic E-state index is 11.5. The van der Waals surface area contributed by atoms with Crippen molar-refractivity contribution < 1.29 is 9.53 Å². The van der Waals surface area contributed by atoms with E-state index >= 15 is 0 Å². The quantitative estimate of drug-likeness (QED) is 0.624. The molecule has 7 heteroatoms. The molecular weight excluding hydrogens is 342 g/mol. The number of carbonyl (C=O) groups excluding carboxylic acids is 1. The summed E-state index contributed by atoms with van der Waals surface area (Å²) in [4.78, 5) is 16.1. The van der Waals surface area contributed by atoms with Gasteiger partial charge in [0.05, 0.1) is 12.2 Å². The smallest absolute Gasteiger partial charge is 0.248 e. The molecule has 0 spiro atoms. The van der Waals surface area contributed by atoms with Gasteiger partial charge in [-0.2, -0.15) is 5.10 Å². The number of ether oxygens (including phenoxy) is 1. The van der Waals surface area contributed by atoms with Crippen LogP contribution in [0.1, 0.15) is 40.1 Å². The number of H-pyrrole nitrogens is 1. The standard InChI is InChI=1S/C20H21N5O2/c21-19(26)14-8-2-1-6-13(14)7-5-11-18-23-20(25-24-18)17-12-22-15-9-3-4-10-16(15)27-17/h1-4,6,8-10,17,22H,5,7,11-12H2,(H2,21,26)(H,23,24,25)/t17-/m1/s1. The van der Waals surface area contributed by atoms with E-state index in [1.54, 1.807) is 6.07 Å². The van der Waals surface area contributed by atoms with Crippen molar-refractivity contribution in [1.82, 2.24) is 15.2 Å². The van der Waals surface area contributed by atoms with Gasteiger partial charge in [0.2, 0.25) is 5.91 Å². The van der Waals surface area contributed by atoms with Crippen LogP contribution in [0.2, 0.25) is 0 Å². The highest BCUT2D eigenvalue weighted by atomic mass is 16.5. The molecule has 7 nitrogen and oxygen atoms in total. The molecule has 1 aliphatic heterocycles. The van der Waals surface area contributed by atoms with E-state index in [-0.39, 0.29) is 6.10 Å². The number of aromatic nitrogens is 3. The van der Waals surface area contributed by atoms with Crippen molar-refractivity contribution in [3.05, 3.63) is 71.3 Å². The van der Waals surface area contributed by atoms with Gasteiger partial charge in [0.15, 0.2) is 11.9 Å². The van der Waals surface area contributed by atoms with Crippen LogP contribution < -0.4 is 15.8 Å². The maximum absolute atomic E-state index is 11.5. The number of nitrogens with zero attached hydrogens (tertiary/aromatic N) is 2. The zero-order valence-corrected chi connectivity index (χ0v) is 14.8. The van der Waals surface area contributed by atoms with Gasteiger partial charge in [-0.1, -0.05) is 30.3 Å². The van der Waals surface area contributed by atoms with Gasteiger partial charge in [-0.05, 0) is 36.6 Å². The van der Waals surface area contributed by atoms with Crippen molar-refractivity contribution in [2.75, 3.05) is 11.9 Å². The van der Waals surface area contributed by atoms with Crippen LogP contribution in [0, 0.1) is 0 Å². The van der Waals surface area contributed by atoms with E-state index in [0.717, 1.165) is 42.1 Å². The van der Waals surface area contributed by atoms with Gasteiger partial charge in [0.25, 0.3) is 0 Å². The number of para-hydroxylation sites is 2. The number of rotatable bonds is 6. The second kappa shape index (κ2) is 7.49. The lowest BCUT2D eigenvalue weighted by atomic mass is 10.0. The molecule has 0 fully saturated rings. The highest BCUT2D eigenvalue weighted by Crippen LogP contribution is 2.32. The third kappa shape index (κ3) is 3.76. The second-order valence-corrected chi connectivity index (χ2v) is 6.50. The molecule has 4 rings (SSSR count). The number of anilines is 1. The number of hydrogen-bond acceptors (Lipinski definition) is 5. The van der Waals surface area contributed by atoms with Crippen molar-refractivity contribution in [2.45, 2.75) is 25.4 Å². The van der Waals surface area contributed by atoms with Gasteiger partial charge in [-0.3, -0.25) is 9.89 Å². The summed E-state index contributed by atoms with van der Waals surface area (Å²) in [5.41, 5.74) is 7.95. The van der Waals surface area contributed by atoms with Crippen molar-refractivity contribution in [1.29, 1.82) is 0 Å². The molecule has 1 amide bonds. The highest BCUT2D eigenvalue weighted by molar-refractivity contribution is 5.94. The zero-order valence-electron chi connectivity index (χ0n) is 14.8. The molecule has 2 heterocycles. The van der Waals surface area contributed by atoms with E-state index in [9.17, 15) is 4.79 Å². The van der Waals surface area contributed by atoms with E-state index in [4.69, 9.17) is 10.5 Å². The van der Waals surface area contributed by atoms with Crippen LogP contribution >= 0.6 is 0 Å². The Kier molecular flexibility index (Phi) is 4.74. The summed E-state index contributed by atoms with van der Waals surface area (Å²) in [6.45, 7) is 0.625. The first-order valence-electron chi connectivity index (χ1n) is 8.99. The number of fused-ring (bicyclic) bond motifs is 1. The molecule has 1 aliphatic rings. The number of carbonyl (C=O) groups is 1. The molecule has 0 bridgehead atoms. The Bertz CT molecular complexity index is 953. The first kappa shape index (κ1) is 17.1. The Hall–Kier alpha value is -3.35. The van der Waals surface area contributed by atoms with Gasteiger partial charge in [0, 0.05) is 12.0 Å². The molecule has 0 saturated heterocycles. The fourth-order valence-electron chi connectivity index (χ4n) is 3.25. The van der Waals surface area contributed by atoms with Crippen molar-refractivity contribution in [2.24, 2.45) is 5.73 Å². The number of nitrogens with one attached hydrogen (secondary N) is 2. The third-order valence-corrected chi connectivity index (χ3v) is 4.61. The number of hydrogen-bond donors (Lipinski definition) is 3. The molecule has 1 atom stereocenters. The topological polar surface area (TPSA) is 106 Å². The lowest BCUT2D eigenvalue weighted by Gasteiger charge is -2.25. The molecular formula is C20H21N5O2. The van der Waals surface area contributed by atoms with E-state index in [2.05, 4.69) is 20.5 Å². The number of benzene rings is 2. The predicted octanol–water partition coefficient (Wildman–Crippen LogP) is 2.62. The van der Waals surface area contributed by atoms with E-state index in [1.165, 1.54) is 0 Å². The molecule has 0 saturated carbocycles. The summed E-state index contributed by atoms with van der Waals surface area (Å²) in [5, 5.41) is 10.6. The van der Waals surface area contributed by atoms with Gasteiger partial charge < -0.3 is 15.8 Å². The van der Waals surface area contributed by atoms with Crippen LogP contribution in [0.4, 0.5) is 5.69 Å². The van der Waals surface area contributed by atoms with E-state index in [1.807, 2.05) is 42.5 Å². The van der Waals surface area contributed by atoms with Crippen LogP contribution in [0.3, 0.4) is 0 Å². The maximum Gasteiger partial charge on any atom is 0.248 e. The van der Waals surface area contributed by atoms with Gasteiger partial charge >= 0.3 is 0 Å². The number of nitrogens with two attached hydrogens (primary N) is 1. The van der Waals surface area contributed by atoms with Crippen LogP contribution in [-0.4, -0.2) is 27.6 Å². The molecule has 138 valence electrons. The highest BCUT2D eigenvalue weighted by Gasteiger charge is 2.24. The summed E-state index contributed by atoms with van der Waals surface area (Å²) < 4.78 is 5.99. The lowest BCUT2D eigenvalue weighted by Crippen LogP contribution is -2.24. The average Bonchev–Trinajstić information content (AvgIpc) is 3.17. The molecule has 2 aromatic carbocycles. The minimum absolute atomic E-state index is 0.222. The van der Waals surface area contributed by atoms with Crippen LogP contribution in [0.15, 0.2) is 48.5 Å². The van der Waals surface area contributed by atoms with Crippen LogP contribution in [0.25, 0.3) is 0 Å². The van der Waals surface area contributed by atoms with E-state index < -0.39 is 5.91 Å². The lowest BCUT2D eigenvalue weighted by molar-refractivity contribution is 0.0999. The first-order chi connectivity index (χ1) is 13.2. The Morgan fingerprint density at radius 1 is 1.15 bits per heavy atom. The molecule has 4 N–H and O–H groups in total. The fourth-order valence-corrected chi connectivity index (χ4v) is 3.25.